The Balaban J connectivity index is 1.77. The highest BCUT2D eigenvalue weighted by atomic mass is 15.0. The van der Waals surface area contributed by atoms with Crippen molar-refractivity contribution >= 4 is 38.4 Å². The molecule has 0 aliphatic heterocycles. The topological polar surface area (TPSA) is 43.1 Å². The quantitative estimate of drug-likeness (QED) is 0.352. The van der Waals surface area contributed by atoms with Crippen molar-refractivity contribution < 1.29 is 0 Å². The predicted octanol–water partition coefficient (Wildman–Crippen LogP) is 5.16. The SMILES string of the molecule is c1ccc2c(c1)Cc1c-2ccc2c1c1cnccc1n1c3cnccc3nc21. The van der Waals surface area contributed by atoms with Crippen molar-refractivity contribution in [2.24, 2.45) is 0 Å². The van der Waals surface area contributed by atoms with E-state index in [-0.39, 0.29) is 0 Å². The van der Waals surface area contributed by atoms with Gasteiger partial charge in [-0.1, -0.05) is 30.3 Å². The molecule has 0 saturated heterocycles. The van der Waals surface area contributed by atoms with Crippen LogP contribution in [0.5, 0.6) is 0 Å². The van der Waals surface area contributed by atoms with E-state index >= 15 is 0 Å². The predicted molar refractivity (Wildman–Crippen MR) is 112 cm³/mol. The van der Waals surface area contributed by atoms with E-state index in [9.17, 15) is 0 Å². The van der Waals surface area contributed by atoms with E-state index in [1.807, 2.05) is 24.7 Å². The van der Waals surface area contributed by atoms with Gasteiger partial charge >= 0.3 is 0 Å². The Bertz CT molecular complexity index is 1590. The van der Waals surface area contributed by atoms with Crippen LogP contribution in [0, 0.1) is 0 Å². The highest BCUT2D eigenvalue weighted by Crippen LogP contribution is 2.43. The highest BCUT2D eigenvalue weighted by molar-refractivity contribution is 6.16. The molecule has 0 bridgehead atoms. The van der Waals surface area contributed by atoms with Gasteiger partial charge in [-0.2, -0.15) is 0 Å². The first-order chi connectivity index (χ1) is 13.9. The zero-order valence-electron chi connectivity index (χ0n) is 14.9. The lowest BCUT2D eigenvalue weighted by atomic mass is 9.97. The van der Waals surface area contributed by atoms with Crippen LogP contribution in [0.1, 0.15) is 11.1 Å². The first-order valence-corrected chi connectivity index (χ1v) is 9.42. The number of aromatic nitrogens is 4. The molecule has 4 nitrogen and oxygen atoms in total. The fourth-order valence-electron chi connectivity index (χ4n) is 4.83. The molecule has 6 aromatic rings. The third-order valence-electron chi connectivity index (χ3n) is 5.99. The lowest BCUT2D eigenvalue weighted by Gasteiger charge is -2.12. The van der Waals surface area contributed by atoms with Crippen LogP contribution in [0.2, 0.25) is 0 Å². The zero-order chi connectivity index (χ0) is 18.2. The summed E-state index contributed by atoms with van der Waals surface area (Å²) in [4.78, 5) is 13.8. The van der Waals surface area contributed by atoms with Crippen molar-refractivity contribution in [2.75, 3.05) is 0 Å². The Morgan fingerprint density at radius 1 is 0.750 bits per heavy atom. The van der Waals surface area contributed by atoms with E-state index in [2.05, 4.69) is 56.8 Å². The molecule has 130 valence electrons. The molecule has 0 saturated carbocycles. The maximum atomic E-state index is 4.97. The first-order valence-electron chi connectivity index (χ1n) is 9.42. The van der Waals surface area contributed by atoms with Gasteiger partial charge < -0.3 is 0 Å². The molecule has 1 aliphatic carbocycles. The van der Waals surface area contributed by atoms with Crippen LogP contribution in [-0.4, -0.2) is 19.4 Å². The molecule has 4 aromatic heterocycles. The normalized spacial score (nSPS) is 12.9. The largest absolute Gasteiger partial charge is 0.290 e. The van der Waals surface area contributed by atoms with Crippen molar-refractivity contribution in [3.05, 3.63) is 84.4 Å². The minimum atomic E-state index is 0.949. The Labute approximate surface area is 160 Å². The van der Waals surface area contributed by atoms with Gasteiger partial charge in [-0.3, -0.25) is 14.4 Å². The molecule has 0 spiro atoms. The monoisotopic (exact) mass is 358 g/mol. The molecule has 0 atom stereocenters. The summed E-state index contributed by atoms with van der Waals surface area (Å²) in [6.45, 7) is 0. The van der Waals surface area contributed by atoms with E-state index in [1.165, 1.54) is 33.0 Å². The number of hydrogen-bond acceptors (Lipinski definition) is 3. The third kappa shape index (κ3) is 1.63. The molecule has 0 fully saturated rings. The minimum absolute atomic E-state index is 0.949. The number of rotatable bonds is 0. The van der Waals surface area contributed by atoms with Crippen molar-refractivity contribution in [1.29, 1.82) is 0 Å². The number of pyridine rings is 3. The standard InChI is InChI=1S/C24H14N4/c1-2-4-15-14(3-1)11-18-16(15)5-6-17-23(18)19-12-25-10-8-21(19)28-22-13-26-9-7-20(22)27-24(17)28/h1-10,12-13H,11H2. The molecule has 28 heavy (non-hydrogen) atoms. The molecule has 1 aliphatic rings. The second-order valence-electron chi connectivity index (χ2n) is 7.38. The number of benzene rings is 2. The van der Waals surface area contributed by atoms with E-state index in [1.54, 1.807) is 6.20 Å². The lowest BCUT2D eigenvalue weighted by molar-refractivity contribution is 1.25. The van der Waals surface area contributed by atoms with E-state index in [0.29, 0.717) is 0 Å². The fourth-order valence-corrected chi connectivity index (χ4v) is 4.83. The fraction of sp³-hybridized carbons (Fsp3) is 0.0417. The van der Waals surface area contributed by atoms with Gasteiger partial charge in [-0.15, -0.1) is 0 Å². The van der Waals surface area contributed by atoms with Crippen molar-refractivity contribution in [3.8, 4) is 11.1 Å². The molecule has 0 N–H and O–H groups in total. The summed E-state index contributed by atoms with van der Waals surface area (Å²) < 4.78 is 2.22. The van der Waals surface area contributed by atoms with E-state index in [0.717, 1.165) is 34.0 Å². The Kier molecular flexibility index (Phi) is 2.51. The molecule has 0 unspecified atom stereocenters. The number of hydrogen-bond donors (Lipinski definition) is 0. The van der Waals surface area contributed by atoms with Gasteiger partial charge in [0.05, 0.1) is 22.7 Å². The summed E-state index contributed by atoms with van der Waals surface area (Å²) in [5.74, 6) is 0. The first kappa shape index (κ1) is 14.3. The number of fused-ring (bicyclic) bond motifs is 12. The van der Waals surface area contributed by atoms with Gasteiger partial charge in [0.15, 0.2) is 0 Å². The number of imidazole rings is 1. The van der Waals surface area contributed by atoms with Gasteiger partial charge in [-0.05, 0) is 46.9 Å². The van der Waals surface area contributed by atoms with Crippen molar-refractivity contribution in [1.82, 2.24) is 19.4 Å². The second-order valence-corrected chi connectivity index (χ2v) is 7.38. The maximum absolute atomic E-state index is 4.97. The van der Waals surface area contributed by atoms with Crippen LogP contribution in [-0.2, 0) is 6.42 Å². The summed E-state index contributed by atoms with van der Waals surface area (Å²) in [6.07, 6.45) is 8.49. The van der Waals surface area contributed by atoms with Crippen LogP contribution in [0.25, 0.3) is 49.5 Å². The molecule has 2 aromatic carbocycles. The average Bonchev–Trinajstić information content (AvgIpc) is 3.32. The van der Waals surface area contributed by atoms with Crippen LogP contribution >= 0.6 is 0 Å². The molecular weight excluding hydrogens is 344 g/mol. The summed E-state index contributed by atoms with van der Waals surface area (Å²) in [5, 5.41) is 3.61. The molecular formula is C24H14N4. The summed E-state index contributed by atoms with van der Waals surface area (Å²) in [6, 6.07) is 17.2. The van der Waals surface area contributed by atoms with Crippen molar-refractivity contribution in [3.63, 3.8) is 0 Å². The van der Waals surface area contributed by atoms with Crippen LogP contribution in [0.3, 0.4) is 0 Å². The zero-order valence-corrected chi connectivity index (χ0v) is 14.9. The van der Waals surface area contributed by atoms with Gasteiger partial charge in [0.25, 0.3) is 0 Å². The Hall–Kier alpha value is -3.79. The molecule has 0 radical (unpaired) electrons. The third-order valence-corrected chi connectivity index (χ3v) is 5.99. The molecule has 4 heterocycles. The summed E-state index contributed by atoms with van der Waals surface area (Å²) in [5.41, 5.74) is 9.53. The minimum Gasteiger partial charge on any atom is -0.290 e. The van der Waals surface area contributed by atoms with Gasteiger partial charge in [-0.25, -0.2) is 4.98 Å². The van der Waals surface area contributed by atoms with Gasteiger partial charge in [0.1, 0.15) is 5.65 Å². The van der Waals surface area contributed by atoms with Gasteiger partial charge in [0.2, 0.25) is 0 Å². The van der Waals surface area contributed by atoms with Crippen LogP contribution < -0.4 is 0 Å². The maximum Gasteiger partial charge on any atom is 0.146 e. The lowest BCUT2D eigenvalue weighted by Crippen LogP contribution is -1.95. The smallest absolute Gasteiger partial charge is 0.146 e. The second kappa shape index (κ2) is 4.93. The Morgan fingerprint density at radius 2 is 1.64 bits per heavy atom. The van der Waals surface area contributed by atoms with E-state index in [4.69, 9.17) is 4.98 Å². The van der Waals surface area contributed by atoms with Crippen LogP contribution in [0.15, 0.2) is 73.3 Å². The Morgan fingerprint density at radius 3 is 2.64 bits per heavy atom. The number of nitrogens with zero attached hydrogens (tertiary/aromatic N) is 4. The molecule has 0 amide bonds. The summed E-state index contributed by atoms with van der Waals surface area (Å²) in [7, 11) is 0. The summed E-state index contributed by atoms with van der Waals surface area (Å²) >= 11 is 0. The average molecular weight is 358 g/mol. The molecule has 4 heteroatoms. The highest BCUT2D eigenvalue weighted by Gasteiger charge is 2.23. The molecule has 7 rings (SSSR count). The van der Waals surface area contributed by atoms with Crippen molar-refractivity contribution in [2.45, 2.75) is 6.42 Å². The van der Waals surface area contributed by atoms with Crippen LogP contribution in [0.4, 0.5) is 0 Å². The van der Waals surface area contributed by atoms with Gasteiger partial charge in [0, 0.05) is 34.7 Å². The van der Waals surface area contributed by atoms with E-state index < -0.39 is 0 Å².